The third kappa shape index (κ3) is 2.64. The molecule has 8 nitrogen and oxygen atoms in total. The van der Waals surface area contributed by atoms with Crippen LogP contribution in [-0.4, -0.2) is 42.6 Å². The highest BCUT2D eigenvalue weighted by atomic mass is 16.7. The first kappa shape index (κ1) is 11.4. The SMILES string of the molecule is COC(OC)N(C)c1nc(N)nc(N)n1. The van der Waals surface area contributed by atoms with Gasteiger partial charge in [0.25, 0.3) is 0 Å². The molecule has 0 atom stereocenters. The molecular formula is C7H14N6O2. The first-order valence-corrected chi connectivity index (χ1v) is 4.14. The van der Waals surface area contributed by atoms with Crippen LogP contribution >= 0.6 is 0 Å². The molecule has 0 spiro atoms. The van der Waals surface area contributed by atoms with E-state index in [1.54, 1.807) is 7.05 Å². The highest BCUT2D eigenvalue weighted by Crippen LogP contribution is 2.11. The first-order chi connectivity index (χ1) is 7.08. The summed E-state index contributed by atoms with van der Waals surface area (Å²) in [7, 11) is 4.68. The van der Waals surface area contributed by atoms with E-state index in [1.807, 2.05) is 0 Å². The lowest BCUT2D eigenvalue weighted by atomic mass is 10.7. The maximum atomic E-state index is 5.43. The Kier molecular flexibility index (Phi) is 3.58. The summed E-state index contributed by atoms with van der Waals surface area (Å²) < 4.78 is 10.0. The van der Waals surface area contributed by atoms with Crippen molar-refractivity contribution in [2.24, 2.45) is 0 Å². The van der Waals surface area contributed by atoms with E-state index >= 15 is 0 Å². The van der Waals surface area contributed by atoms with Gasteiger partial charge in [-0.05, 0) is 0 Å². The van der Waals surface area contributed by atoms with Crippen molar-refractivity contribution in [3.63, 3.8) is 0 Å². The fraction of sp³-hybridized carbons (Fsp3) is 0.571. The molecule has 4 N–H and O–H groups in total. The number of nitrogens with zero attached hydrogens (tertiary/aromatic N) is 4. The summed E-state index contributed by atoms with van der Waals surface area (Å²) >= 11 is 0. The molecule has 0 bridgehead atoms. The Hall–Kier alpha value is -1.67. The van der Waals surface area contributed by atoms with E-state index in [1.165, 1.54) is 19.1 Å². The van der Waals surface area contributed by atoms with E-state index in [-0.39, 0.29) is 17.8 Å². The predicted octanol–water partition coefficient (Wildman–Crippen LogP) is -0.951. The van der Waals surface area contributed by atoms with Crippen molar-refractivity contribution < 1.29 is 9.47 Å². The van der Waals surface area contributed by atoms with Gasteiger partial charge < -0.3 is 20.9 Å². The molecule has 84 valence electrons. The lowest BCUT2D eigenvalue weighted by Gasteiger charge is -2.24. The second kappa shape index (κ2) is 4.71. The van der Waals surface area contributed by atoms with Crippen molar-refractivity contribution in [2.45, 2.75) is 6.41 Å². The maximum absolute atomic E-state index is 5.43. The number of hydrogen-bond donors (Lipinski definition) is 2. The van der Waals surface area contributed by atoms with Crippen LogP contribution in [0.2, 0.25) is 0 Å². The number of aromatic nitrogens is 3. The largest absolute Gasteiger partial charge is 0.368 e. The number of nitrogens with two attached hydrogens (primary N) is 2. The monoisotopic (exact) mass is 214 g/mol. The minimum absolute atomic E-state index is 0.0512. The van der Waals surface area contributed by atoms with Gasteiger partial charge in [0.1, 0.15) is 0 Å². The Morgan fingerprint density at radius 3 is 1.93 bits per heavy atom. The molecule has 0 aliphatic heterocycles. The standard InChI is InChI=1S/C7H14N6O2/c1-13(7(14-2)15-3)6-11-4(8)10-5(9)12-6/h7H,1-3H3,(H4,8,9,10,11,12). The molecule has 0 saturated carbocycles. The zero-order valence-electron chi connectivity index (χ0n) is 8.84. The van der Waals surface area contributed by atoms with Gasteiger partial charge in [0, 0.05) is 21.3 Å². The molecule has 15 heavy (non-hydrogen) atoms. The molecule has 0 unspecified atom stereocenters. The number of hydrogen-bond acceptors (Lipinski definition) is 8. The van der Waals surface area contributed by atoms with Gasteiger partial charge in [-0.15, -0.1) is 0 Å². The van der Waals surface area contributed by atoms with E-state index in [4.69, 9.17) is 20.9 Å². The van der Waals surface area contributed by atoms with Crippen LogP contribution in [0.4, 0.5) is 17.8 Å². The van der Waals surface area contributed by atoms with Crippen LogP contribution in [0.5, 0.6) is 0 Å². The third-order valence-corrected chi connectivity index (χ3v) is 1.69. The summed E-state index contributed by atoms with van der Waals surface area (Å²) in [6.07, 6.45) is -0.605. The molecule has 0 saturated heterocycles. The number of methoxy groups -OCH3 is 2. The predicted molar refractivity (Wildman–Crippen MR) is 54.9 cm³/mol. The Labute approximate surface area is 87.2 Å². The molecule has 0 aliphatic carbocycles. The molecule has 0 amide bonds. The molecule has 8 heteroatoms. The van der Waals surface area contributed by atoms with E-state index in [9.17, 15) is 0 Å². The molecule has 1 aromatic heterocycles. The Balaban J connectivity index is 2.94. The van der Waals surface area contributed by atoms with Gasteiger partial charge in [0.05, 0.1) is 0 Å². The van der Waals surface area contributed by atoms with Crippen molar-refractivity contribution in [3.05, 3.63) is 0 Å². The topological polar surface area (TPSA) is 112 Å². The van der Waals surface area contributed by atoms with E-state index in [0.29, 0.717) is 0 Å². The van der Waals surface area contributed by atoms with Gasteiger partial charge in [0.15, 0.2) is 0 Å². The van der Waals surface area contributed by atoms with E-state index in [0.717, 1.165) is 0 Å². The highest BCUT2D eigenvalue weighted by Gasteiger charge is 2.16. The van der Waals surface area contributed by atoms with E-state index < -0.39 is 6.41 Å². The van der Waals surface area contributed by atoms with Crippen LogP contribution in [0.15, 0.2) is 0 Å². The van der Waals surface area contributed by atoms with Gasteiger partial charge in [-0.2, -0.15) is 15.0 Å². The number of ether oxygens (including phenoxy) is 2. The molecule has 0 aromatic carbocycles. The summed E-state index contributed by atoms with van der Waals surface area (Å²) in [5.74, 6) is 0.388. The summed E-state index contributed by atoms with van der Waals surface area (Å²) in [4.78, 5) is 13.0. The zero-order chi connectivity index (χ0) is 11.4. The zero-order valence-corrected chi connectivity index (χ0v) is 8.84. The van der Waals surface area contributed by atoms with Gasteiger partial charge >= 0.3 is 0 Å². The van der Waals surface area contributed by atoms with Crippen molar-refractivity contribution >= 4 is 17.8 Å². The second-order valence-electron chi connectivity index (χ2n) is 2.74. The normalized spacial score (nSPS) is 10.7. The minimum atomic E-state index is -0.605. The van der Waals surface area contributed by atoms with Crippen LogP contribution in [0.1, 0.15) is 0 Å². The van der Waals surface area contributed by atoms with Gasteiger partial charge in [-0.25, -0.2) is 0 Å². The summed E-state index contributed by atoms with van der Waals surface area (Å²) in [5.41, 5.74) is 10.9. The second-order valence-corrected chi connectivity index (χ2v) is 2.74. The van der Waals surface area contributed by atoms with Crippen LogP contribution in [-0.2, 0) is 9.47 Å². The van der Waals surface area contributed by atoms with Crippen LogP contribution in [0.25, 0.3) is 0 Å². The quantitative estimate of drug-likeness (QED) is 0.617. The van der Waals surface area contributed by atoms with Gasteiger partial charge in [0.2, 0.25) is 24.3 Å². The third-order valence-electron chi connectivity index (χ3n) is 1.69. The molecule has 0 radical (unpaired) electrons. The summed E-state index contributed by atoms with van der Waals surface area (Å²) in [6, 6.07) is 0. The summed E-state index contributed by atoms with van der Waals surface area (Å²) in [6.45, 7) is 0. The van der Waals surface area contributed by atoms with Crippen molar-refractivity contribution in [1.29, 1.82) is 0 Å². The van der Waals surface area contributed by atoms with Crippen molar-refractivity contribution in [2.75, 3.05) is 37.6 Å². The molecule has 0 aliphatic rings. The number of rotatable bonds is 4. The van der Waals surface area contributed by atoms with Crippen LogP contribution in [0.3, 0.4) is 0 Å². The van der Waals surface area contributed by atoms with Gasteiger partial charge in [-0.3, -0.25) is 4.90 Å². The smallest absolute Gasteiger partial charge is 0.242 e. The lowest BCUT2D eigenvalue weighted by molar-refractivity contribution is -0.0998. The van der Waals surface area contributed by atoms with Crippen molar-refractivity contribution in [3.8, 4) is 0 Å². The average molecular weight is 214 g/mol. The number of anilines is 3. The molecule has 1 aromatic rings. The molecule has 1 heterocycles. The molecule has 1 rings (SSSR count). The fourth-order valence-electron chi connectivity index (χ4n) is 1.06. The number of nitrogen functional groups attached to an aromatic ring is 2. The van der Waals surface area contributed by atoms with Gasteiger partial charge in [-0.1, -0.05) is 0 Å². The Bertz CT molecular complexity index is 309. The Morgan fingerprint density at radius 1 is 1.07 bits per heavy atom. The molecular weight excluding hydrogens is 200 g/mol. The lowest BCUT2D eigenvalue weighted by Crippen LogP contribution is -2.36. The molecule has 0 fully saturated rings. The maximum Gasteiger partial charge on any atom is 0.242 e. The first-order valence-electron chi connectivity index (χ1n) is 4.14. The van der Waals surface area contributed by atoms with Crippen molar-refractivity contribution in [1.82, 2.24) is 15.0 Å². The van der Waals surface area contributed by atoms with Crippen LogP contribution in [0, 0.1) is 0 Å². The Morgan fingerprint density at radius 2 is 1.53 bits per heavy atom. The van der Waals surface area contributed by atoms with Crippen LogP contribution < -0.4 is 16.4 Å². The summed E-state index contributed by atoms with van der Waals surface area (Å²) in [5, 5.41) is 0. The van der Waals surface area contributed by atoms with E-state index in [2.05, 4.69) is 15.0 Å². The fourth-order valence-corrected chi connectivity index (χ4v) is 1.06. The minimum Gasteiger partial charge on any atom is -0.368 e. The average Bonchev–Trinajstić information content (AvgIpc) is 2.18. The highest BCUT2D eigenvalue weighted by molar-refractivity contribution is 5.38.